The number of nitrogens with zero attached hydrogens (tertiary/aromatic N) is 4. The van der Waals surface area contributed by atoms with Gasteiger partial charge >= 0.3 is 0 Å². The normalized spacial score (nSPS) is 24.1. The Morgan fingerprint density at radius 1 is 1.29 bits per heavy atom. The van der Waals surface area contributed by atoms with Crippen molar-refractivity contribution in [2.75, 3.05) is 50.7 Å². The first kappa shape index (κ1) is 17.0. The molecule has 3 rings (SSSR count). The molecule has 0 spiro atoms. The van der Waals surface area contributed by atoms with E-state index in [4.69, 9.17) is 0 Å². The van der Waals surface area contributed by atoms with Crippen LogP contribution in [0.15, 0.2) is 18.5 Å². The van der Waals surface area contributed by atoms with Gasteiger partial charge in [-0.15, -0.1) is 0 Å². The maximum Gasteiger partial charge on any atom is 0.262 e. The van der Waals surface area contributed by atoms with E-state index in [9.17, 15) is 13.6 Å². The fourth-order valence-corrected chi connectivity index (χ4v) is 2.99. The first-order chi connectivity index (χ1) is 11.5. The zero-order chi connectivity index (χ0) is 17.0. The SMILES string of the molecule is O=C(NCCN1CCN(c2ncccn2)CC1)C1CC(F)(F)CN1. The second-order valence-electron chi connectivity index (χ2n) is 6.16. The Morgan fingerprint density at radius 2 is 2.00 bits per heavy atom. The van der Waals surface area contributed by atoms with Crippen LogP contribution in [0.2, 0.25) is 0 Å². The van der Waals surface area contributed by atoms with Gasteiger partial charge in [0.15, 0.2) is 0 Å². The zero-order valence-electron chi connectivity index (χ0n) is 13.4. The lowest BCUT2D eigenvalue weighted by Crippen LogP contribution is -2.50. The molecule has 2 aliphatic rings. The molecule has 9 heteroatoms. The number of anilines is 1. The Morgan fingerprint density at radius 3 is 2.62 bits per heavy atom. The highest BCUT2D eigenvalue weighted by molar-refractivity contribution is 5.82. The third-order valence-corrected chi connectivity index (χ3v) is 4.36. The molecule has 1 atom stereocenters. The predicted octanol–water partition coefficient (Wildman–Crippen LogP) is -0.288. The molecule has 0 saturated carbocycles. The molecular weight excluding hydrogens is 318 g/mol. The van der Waals surface area contributed by atoms with Gasteiger partial charge in [-0.1, -0.05) is 0 Å². The van der Waals surface area contributed by atoms with Crippen LogP contribution < -0.4 is 15.5 Å². The fraction of sp³-hybridized carbons (Fsp3) is 0.667. The van der Waals surface area contributed by atoms with Crippen LogP contribution in [0, 0.1) is 0 Å². The van der Waals surface area contributed by atoms with Gasteiger partial charge in [-0.2, -0.15) is 0 Å². The molecule has 1 aromatic heterocycles. The summed E-state index contributed by atoms with van der Waals surface area (Å²) in [5.41, 5.74) is 0. The van der Waals surface area contributed by atoms with Gasteiger partial charge in [-0.3, -0.25) is 15.0 Å². The number of piperazine rings is 1. The summed E-state index contributed by atoms with van der Waals surface area (Å²) < 4.78 is 26.2. The Balaban J connectivity index is 1.35. The number of amides is 1. The number of hydrogen-bond donors (Lipinski definition) is 2. The van der Waals surface area contributed by atoms with E-state index in [0.29, 0.717) is 13.1 Å². The average molecular weight is 340 g/mol. The van der Waals surface area contributed by atoms with Crippen LogP contribution in [-0.2, 0) is 4.79 Å². The molecule has 132 valence electrons. The molecular formula is C15H22F2N6O. The van der Waals surface area contributed by atoms with Crippen LogP contribution in [-0.4, -0.2) is 78.6 Å². The fourth-order valence-electron chi connectivity index (χ4n) is 2.99. The van der Waals surface area contributed by atoms with Gasteiger partial charge in [-0.05, 0) is 6.07 Å². The van der Waals surface area contributed by atoms with E-state index in [1.54, 1.807) is 18.5 Å². The number of nitrogens with one attached hydrogen (secondary N) is 2. The number of aromatic nitrogens is 2. The molecule has 1 amide bonds. The Hall–Kier alpha value is -1.87. The minimum Gasteiger partial charge on any atom is -0.353 e. The Labute approximate surface area is 139 Å². The van der Waals surface area contributed by atoms with Crippen molar-refractivity contribution in [3.63, 3.8) is 0 Å². The number of rotatable bonds is 5. The third kappa shape index (κ3) is 4.35. The first-order valence-corrected chi connectivity index (χ1v) is 8.17. The number of hydrogen-bond acceptors (Lipinski definition) is 6. The van der Waals surface area contributed by atoms with Gasteiger partial charge in [-0.25, -0.2) is 18.7 Å². The van der Waals surface area contributed by atoms with Crippen LogP contribution in [0.1, 0.15) is 6.42 Å². The van der Waals surface area contributed by atoms with Crippen molar-refractivity contribution >= 4 is 11.9 Å². The van der Waals surface area contributed by atoms with Gasteiger partial charge in [0.1, 0.15) is 0 Å². The quantitative estimate of drug-likeness (QED) is 0.768. The highest BCUT2D eigenvalue weighted by Gasteiger charge is 2.42. The van der Waals surface area contributed by atoms with Crippen molar-refractivity contribution in [1.29, 1.82) is 0 Å². The smallest absolute Gasteiger partial charge is 0.262 e. The van der Waals surface area contributed by atoms with Crippen molar-refractivity contribution in [2.45, 2.75) is 18.4 Å². The number of carbonyl (C=O) groups excluding carboxylic acids is 1. The molecule has 2 aliphatic heterocycles. The van der Waals surface area contributed by atoms with E-state index in [1.807, 2.05) is 0 Å². The maximum atomic E-state index is 13.1. The van der Waals surface area contributed by atoms with Crippen molar-refractivity contribution in [2.24, 2.45) is 0 Å². The standard InChI is InChI=1S/C15H22F2N6O/c16-15(17)10-12(21-11-15)13(24)18-4-5-22-6-8-23(9-7-22)14-19-2-1-3-20-14/h1-3,12,21H,4-11H2,(H,18,24). The van der Waals surface area contributed by atoms with Crippen LogP contribution in [0.25, 0.3) is 0 Å². The monoisotopic (exact) mass is 340 g/mol. The van der Waals surface area contributed by atoms with Gasteiger partial charge < -0.3 is 10.2 Å². The summed E-state index contributed by atoms with van der Waals surface area (Å²) in [4.78, 5) is 24.7. The predicted molar refractivity (Wildman–Crippen MR) is 85.0 cm³/mol. The lowest BCUT2D eigenvalue weighted by atomic mass is 10.2. The van der Waals surface area contributed by atoms with Crippen LogP contribution in [0.5, 0.6) is 0 Å². The van der Waals surface area contributed by atoms with Crippen LogP contribution in [0.3, 0.4) is 0 Å². The molecule has 7 nitrogen and oxygen atoms in total. The van der Waals surface area contributed by atoms with Crippen molar-refractivity contribution < 1.29 is 13.6 Å². The lowest BCUT2D eigenvalue weighted by molar-refractivity contribution is -0.123. The van der Waals surface area contributed by atoms with E-state index in [1.165, 1.54) is 0 Å². The molecule has 24 heavy (non-hydrogen) atoms. The number of halogens is 2. The molecule has 2 fully saturated rings. The van der Waals surface area contributed by atoms with Gasteiger partial charge in [0.05, 0.1) is 12.6 Å². The maximum absolute atomic E-state index is 13.1. The first-order valence-electron chi connectivity index (χ1n) is 8.17. The molecule has 2 N–H and O–H groups in total. The van der Waals surface area contributed by atoms with E-state index in [2.05, 4.69) is 30.4 Å². The molecule has 0 aliphatic carbocycles. The summed E-state index contributed by atoms with van der Waals surface area (Å²) >= 11 is 0. The summed E-state index contributed by atoms with van der Waals surface area (Å²) in [6.45, 7) is 4.11. The molecule has 1 aromatic rings. The van der Waals surface area contributed by atoms with Crippen LogP contribution >= 0.6 is 0 Å². The lowest BCUT2D eigenvalue weighted by Gasteiger charge is -2.34. The Bertz CT molecular complexity index is 550. The van der Waals surface area contributed by atoms with Crippen molar-refractivity contribution in [3.8, 4) is 0 Å². The minimum atomic E-state index is -2.78. The second-order valence-corrected chi connectivity index (χ2v) is 6.16. The van der Waals surface area contributed by atoms with Crippen LogP contribution in [0.4, 0.5) is 14.7 Å². The molecule has 0 bridgehead atoms. The zero-order valence-corrected chi connectivity index (χ0v) is 13.4. The molecule has 2 saturated heterocycles. The summed E-state index contributed by atoms with van der Waals surface area (Å²) in [7, 11) is 0. The minimum absolute atomic E-state index is 0.344. The molecule has 3 heterocycles. The Kier molecular flexibility index (Phi) is 5.20. The number of alkyl halides is 2. The van der Waals surface area contributed by atoms with E-state index in [0.717, 1.165) is 32.1 Å². The average Bonchev–Trinajstić information content (AvgIpc) is 2.96. The highest BCUT2D eigenvalue weighted by atomic mass is 19.3. The van der Waals surface area contributed by atoms with E-state index < -0.39 is 24.9 Å². The van der Waals surface area contributed by atoms with Gasteiger partial charge in [0, 0.05) is 58.1 Å². The van der Waals surface area contributed by atoms with Crippen molar-refractivity contribution in [3.05, 3.63) is 18.5 Å². The number of carbonyl (C=O) groups is 1. The highest BCUT2D eigenvalue weighted by Crippen LogP contribution is 2.24. The topological polar surface area (TPSA) is 73.4 Å². The molecule has 0 aromatic carbocycles. The van der Waals surface area contributed by atoms with E-state index >= 15 is 0 Å². The molecule has 1 unspecified atom stereocenters. The summed E-state index contributed by atoms with van der Waals surface area (Å²) in [6.07, 6.45) is 3.03. The van der Waals surface area contributed by atoms with Crippen molar-refractivity contribution in [1.82, 2.24) is 25.5 Å². The van der Waals surface area contributed by atoms with Gasteiger partial charge in [0.25, 0.3) is 5.92 Å². The summed E-state index contributed by atoms with van der Waals surface area (Å²) in [6, 6.07) is 1.00. The van der Waals surface area contributed by atoms with E-state index in [-0.39, 0.29) is 5.91 Å². The van der Waals surface area contributed by atoms with Gasteiger partial charge in [0.2, 0.25) is 11.9 Å². The summed E-state index contributed by atoms with van der Waals surface area (Å²) in [5, 5.41) is 5.30. The largest absolute Gasteiger partial charge is 0.353 e. The molecule has 0 radical (unpaired) electrons. The third-order valence-electron chi connectivity index (χ3n) is 4.36. The summed E-state index contributed by atoms with van der Waals surface area (Å²) in [5.74, 6) is -2.39. The second kappa shape index (κ2) is 7.35.